The summed E-state index contributed by atoms with van der Waals surface area (Å²) in [5, 5.41) is 2.47. The van der Waals surface area contributed by atoms with Crippen molar-refractivity contribution in [1.82, 2.24) is 10.3 Å². The Morgan fingerprint density at radius 1 is 1.03 bits per heavy atom. The third kappa shape index (κ3) is 8.31. The molecule has 0 radical (unpaired) electrons. The molecular formula is C28H34N2O8. The van der Waals surface area contributed by atoms with Gasteiger partial charge >= 0.3 is 5.97 Å². The molecule has 1 aromatic carbocycles. The number of nitrogens with one attached hydrogen (secondary N) is 1. The predicted molar refractivity (Wildman–Crippen MR) is 138 cm³/mol. The van der Waals surface area contributed by atoms with Gasteiger partial charge in [0.2, 0.25) is 11.6 Å². The number of benzene rings is 1. The number of esters is 1. The predicted octanol–water partition coefficient (Wildman–Crippen LogP) is 2.62. The maximum Gasteiger partial charge on any atom is 0.331 e. The lowest BCUT2D eigenvalue weighted by atomic mass is 9.95. The number of aromatic nitrogens is 1. The number of amides is 1. The van der Waals surface area contributed by atoms with Crippen LogP contribution in [0.4, 0.5) is 0 Å². The number of nitrogens with zero attached hydrogens (tertiary/aromatic N) is 1. The van der Waals surface area contributed by atoms with Crippen molar-refractivity contribution in [3.63, 3.8) is 0 Å². The van der Waals surface area contributed by atoms with Crippen LogP contribution in [-0.2, 0) is 30.3 Å². The lowest BCUT2D eigenvalue weighted by Crippen LogP contribution is -2.46. The van der Waals surface area contributed by atoms with Gasteiger partial charge in [-0.15, -0.1) is 0 Å². The maximum atomic E-state index is 13.1. The van der Waals surface area contributed by atoms with Crippen LogP contribution < -0.4 is 10.1 Å². The van der Waals surface area contributed by atoms with Gasteiger partial charge in [-0.3, -0.25) is 19.4 Å². The van der Waals surface area contributed by atoms with Crippen molar-refractivity contribution >= 4 is 29.7 Å². The van der Waals surface area contributed by atoms with Gasteiger partial charge in [0, 0.05) is 25.1 Å². The Morgan fingerprint density at radius 2 is 1.71 bits per heavy atom. The molecule has 38 heavy (non-hydrogen) atoms. The van der Waals surface area contributed by atoms with E-state index in [9.17, 15) is 24.0 Å². The van der Waals surface area contributed by atoms with E-state index in [1.165, 1.54) is 26.5 Å². The smallest absolute Gasteiger partial charge is 0.331 e. The van der Waals surface area contributed by atoms with E-state index >= 15 is 0 Å². The van der Waals surface area contributed by atoms with Gasteiger partial charge in [-0.05, 0) is 31.4 Å². The van der Waals surface area contributed by atoms with Crippen LogP contribution in [0, 0.1) is 11.8 Å². The Hall–Kier alpha value is -3.92. The van der Waals surface area contributed by atoms with E-state index in [0.717, 1.165) is 11.8 Å². The Bertz CT molecular complexity index is 1130. The molecule has 0 bridgehead atoms. The zero-order chi connectivity index (χ0) is 28.2. The van der Waals surface area contributed by atoms with Gasteiger partial charge in [0.05, 0.1) is 25.4 Å². The molecule has 2 rings (SSSR count). The average Bonchev–Trinajstić information content (AvgIpc) is 2.91. The lowest BCUT2D eigenvalue weighted by Gasteiger charge is -2.22. The summed E-state index contributed by atoms with van der Waals surface area (Å²) in [6.07, 6.45) is 2.23. The van der Waals surface area contributed by atoms with Gasteiger partial charge in [-0.25, -0.2) is 4.79 Å². The summed E-state index contributed by atoms with van der Waals surface area (Å²) in [5.41, 5.74) is 0.327. The monoisotopic (exact) mass is 526 g/mol. The second kappa shape index (κ2) is 14.7. The molecule has 0 fully saturated rings. The summed E-state index contributed by atoms with van der Waals surface area (Å²) in [6, 6.07) is 9.60. The molecule has 0 aliphatic heterocycles. The van der Waals surface area contributed by atoms with E-state index in [-0.39, 0.29) is 36.0 Å². The molecular weight excluding hydrogens is 492 g/mol. The average molecular weight is 527 g/mol. The summed E-state index contributed by atoms with van der Waals surface area (Å²) < 4.78 is 15.8. The number of Topliss-reactive ketones (excluding diaryl/α,β-unsaturated/α-hetero) is 2. The standard InChI is InChI=1S/C28H34N2O8/c1-17(2)25(32)26(33)23-22(37-5)11-12-29-24(23)27(34)30-21(16-36-4)28(35)38-18(3)13-20(15-31)14-19-9-7-6-8-10-19/h6-12,15,17-18,20-21H,13-14,16H2,1-5H3,(H,30,34)/t18?,20?,21-/m0/s1. The highest BCUT2D eigenvalue weighted by Gasteiger charge is 2.32. The minimum atomic E-state index is -1.24. The Morgan fingerprint density at radius 3 is 2.29 bits per heavy atom. The highest BCUT2D eigenvalue weighted by Crippen LogP contribution is 2.23. The fraction of sp³-hybridized carbons (Fsp3) is 0.429. The molecule has 1 amide bonds. The van der Waals surface area contributed by atoms with Crippen molar-refractivity contribution in [1.29, 1.82) is 0 Å². The van der Waals surface area contributed by atoms with Crippen LogP contribution in [-0.4, -0.2) is 67.7 Å². The van der Waals surface area contributed by atoms with E-state index in [4.69, 9.17) is 14.2 Å². The molecule has 10 nitrogen and oxygen atoms in total. The number of hydrogen-bond acceptors (Lipinski definition) is 9. The molecule has 2 unspecified atom stereocenters. The second-order valence-corrected chi connectivity index (χ2v) is 9.14. The van der Waals surface area contributed by atoms with E-state index in [2.05, 4.69) is 10.3 Å². The Labute approximate surface area is 222 Å². The van der Waals surface area contributed by atoms with Gasteiger partial charge in [-0.1, -0.05) is 44.2 Å². The highest BCUT2D eigenvalue weighted by molar-refractivity contribution is 6.45. The van der Waals surface area contributed by atoms with Gasteiger partial charge in [0.15, 0.2) is 6.04 Å². The van der Waals surface area contributed by atoms with E-state index in [0.29, 0.717) is 6.42 Å². The fourth-order valence-electron chi connectivity index (χ4n) is 3.81. The number of carbonyl (C=O) groups is 5. The van der Waals surface area contributed by atoms with Gasteiger partial charge in [-0.2, -0.15) is 0 Å². The Balaban J connectivity index is 2.16. The summed E-state index contributed by atoms with van der Waals surface area (Å²) in [4.78, 5) is 66.9. The number of methoxy groups -OCH3 is 2. The minimum Gasteiger partial charge on any atom is -0.496 e. The molecule has 0 spiro atoms. The number of ether oxygens (including phenoxy) is 3. The number of ketones is 2. The molecule has 0 aliphatic carbocycles. The second-order valence-electron chi connectivity index (χ2n) is 9.14. The highest BCUT2D eigenvalue weighted by atomic mass is 16.5. The quantitative estimate of drug-likeness (QED) is 0.161. The Kier molecular flexibility index (Phi) is 11.7. The summed E-state index contributed by atoms with van der Waals surface area (Å²) in [6.45, 7) is 4.55. The molecule has 0 saturated carbocycles. The van der Waals surface area contributed by atoms with Crippen LogP contribution in [0.1, 0.15) is 53.6 Å². The number of hydrogen-bond donors (Lipinski definition) is 1. The van der Waals surface area contributed by atoms with Crippen LogP contribution in [0.25, 0.3) is 0 Å². The van der Waals surface area contributed by atoms with Crippen LogP contribution in [0.3, 0.4) is 0 Å². The van der Waals surface area contributed by atoms with E-state index in [1.807, 2.05) is 30.3 Å². The van der Waals surface area contributed by atoms with Gasteiger partial charge in [0.25, 0.3) is 5.91 Å². The zero-order valence-electron chi connectivity index (χ0n) is 22.3. The topological polar surface area (TPSA) is 138 Å². The summed E-state index contributed by atoms with van der Waals surface area (Å²) in [7, 11) is 2.64. The van der Waals surface area contributed by atoms with E-state index < -0.39 is 41.5 Å². The minimum absolute atomic E-state index is 0.00182. The van der Waals surface area contributed by atoms with Crippen LogP contribution >= 0.6 is 0 Å². The zero-order valence-corrected chi connectivity index (χ0v) is 22.3. The molecule has 1 aromatic heterocycles. The maximum absolute atomic E-state index is 13.1. The number of carbonyl (C=O) groups excluding carboxylic acids is 5. The molecule has 0 aliphatic rings. The van der Waals surface area contributed by atoms with Crippen molar-refractivity contribution in [3.05, 3.63) is 59.4 Å². The first-order valence-corrected chi connectivity index (χ1v) is 12.2. The van der Waals surface area contributed by atoms with Crippen molar-refractivity contribution < 1.29 is 38.2 Å². The molecule has 3 atom stereocenters. The number of pyridine rings is 1. The third-order valence-corrected chi connectivity index (χ3v) is 5.73. The SMILES string of the molecule is COC[C@H](NC(=O)c1nccc(OC)c1C(=O)C(=O)C(C)C)C(=O)OC(C)CC(C=O)Cc1ccccc1. The largest absolute Gasteiger partial charge is 0.496 e. The first kappa shape index (κ1) is 30.3. The normalized spacial score (nSPS) is 13.2. The first-order valence-electron chi connectivity index (χ1n) is 12.2. The fourth-order valence-corrected chi connectivity index (χ4v) is 3.81. The van der Waals surface area contributed by atoms with Crippen LogP contribution in [0.15, 0.2) is 42.6 Å². The van der Waals surface area contributed by atoms with Crippen molar-refractivity contribution in [3.8, 4) is 5.75 Å². The molecule has 204 valence electrons. The van der Waals surface area contributed by atoms with Crippen LogP contribution in [0.5, 0.6) is 5.75 Å². The van der Waals surface area contributed by atoms with Gasteiger partial charge in [0.1, 0.15) is 17.7 Å². The molecule has 10 heteroatoms. The summed E-state index contributed by atoms with van der Waals surface area (Å²) >= 11 is 0. The van der Waals surface area contributed by atoms with Gasteiger partial charge < -0.3 is 24.3 Å². The summed E-state index contributed by atoms with van der Waals surface area (Å²) in [5.74, 6) is -4.29. The first-order chi connectivity index (χ1) is 18.1. The number of rotatable bonds is 15. The van der Waals surface area contributed by atoms with Crippen molar-refractivity contribution in [2.24, 2.45) is 11.8 Å². The van der Waals surface area contributed by atoms with Crippen molar-refractivity contribution in [2.75, 3.05) is 20.8 Å². The van der Waals surface area contributed by atoms with Crippen LogP contribution in [0.2, 0.25) is 0 Å². The molecule has 1 heterocycles. The molecule has 2 aromatic rings. The van der Waals surface area contributed by atoms with E-state index in [1.54, 1.807) is 20.8 Å². The lowest BCUT2D eigenvalue weighted by molar-refractivity contribution is -0.153. The number of aldehydes is 1. The van der Waals surface area contributed by atoms with Crippen molar-refractivity contribution in [2.45, 2.75) is 45.8 Å². The molecule has 1 N–H and O–H groups in total. The third-order valence-electron chi connectivity index (χ3n) is 5.73. The molecule has 0 saturated heterocycles.